The van der Waals surface area contributed by atoms with Gasteiger partial charge < -0.3 is 19.4 Å². The van der Waals surface area contributed by atoms with Crippen LogP contribution >= 0.6 is 0 Å². The lowest BCUT2D eigenvalue weighted by molar-refractivity contribution is -0.141. The monoisotopic (exact) mass is 461 g/mol. The average molecular weight is 461 g/mol. The molecule has 1 amide bonds. The molecule has 1 saturated carbocycles. The first-order valence-electron chi connectivity index (χ1n) is 9.89. The van der Waals surface area contributed by atoms with Crippen molar-refractivity contribution in [2.75, 3.05) is 25.5 Å². The van der Waals surface area contributed by atoms with Crippen LogP contribution in [0.5, 0.6) is 5.88 Å². The molecule has 2 fully saturated rings. The molecule has 0 bridgehead atoms. The molecule has 0 unspecified atom stereocenters. The largest absolute Gasteiger partial charge is 0.480 e. The molecule has 2 aliphatic rings. The zero-order valence-electron chi connectivity index (χ0n) is 17.2. The van der Waals surface area contributed by atoms with E-state index in [2.05, 4.69) is 20.5 Å². The van der Waals surface area contributed by atoms with Crippen LogP contribution in [-0.4, -0.2) is 58.2 Å². The molecule has 13 heteroatoms. The molecular formula is C19H20F5N5O3. The number of halogens is 5. The zero-order valence-corrected chi connectivity index (χ0v) is 17.2. The molecular weight excluding hydrogens is 441 g/mol. The first-order chi connectivity index (χ1) is 15.0. The molecule has 2 aromatic heterocycles. The van der Waals surface area contributed by atoms with Gasteiger partial charge in [-0.1, -0.05) is 12.0 Å². The number of methoxy groups -OCH3 is 1. The third kappa shape index (κ3) is 3.84. The van der Waals surface area contributed by atoms with Crippen LogP contribution in [0.2, 0.25) is 0 Å². The molecule has 4 rings (SSSR count). The Labute approximate surface area is 179 Å². The number of rotatable bonds is 6. The van der Waals surface area contributed by atoms with Gasteiger partial charge in [-0.3, -0.25) is 4.79 Å². The van der Waals surface area contributed by atoms with Crippen LogP contribution in [0.3, 0.4) is 0 Å². The number of nitrogens with one attached hydrogen (secondary N) is 1. The molecule has 1 N–H and O–H groups in total. The minimum atomic E-state index is -4.65. The number of hydrogen-bond acceptors (Lipinski definition) is 7. The van der Waals surface area contributed by atoms with Gasteiger partial charge in [-0.2, -0.15) is 13.2 Å². The van der Waals surface area contributed by atoms with Crippen molar-refractivity contribution in [2.45, 2.75) is 44.3 Å². The van der Waals surface area contributed by atoms with Gasteiger partial charge in [0.05, 0.1) is 12.5 Å². The zero-order chi connectivity index (χ0) is 23.3. The molecule has 1 aliphatic heterocycles. The Morgan fingerprint density at radius 1 is 1.34 bits per heavy atom. The van der Waals surface area contributed by atoms with Crippen LogP contribution < -0.4 is 10.1 Å². The Kier molecular flexibility index (Phi) is 5.24. The molecule has 0 radical (unpaired) electrons. The normalized spacial score (nSPS) is 22.8. The van der Waals surface area contributed by atoms with E-state index < -0.39 is 29.2 Å². The molecule has 3 heterocycles. The molecule has 1 saturated heterocycles. The molecule has 8 nitrogen and oxygen atoms in total. The Morgan fingerprint density at radius 2 is 2.06 bits per heavy atom. The summed E-state index contributed by atoms with van der Waals surface area (Å²) in [6.07, 6.45) is -4.28. The Balaban J connectivity index is 1.47. The van der Waals surface area contributed by atoms with E-state index in [0.717, 1.165) is 19.2 Å². The van der Waals surface area contributed by atoms with E-state index in [1.165, 1.54) is 4.90 Å². The second-order valence-corrected chi connectivity index (χ2v) is 7.94. The summed E-state index contributed by atoms with van der Waals surface area (Å²) < 4.78 is 76.2. The fourth-order valence-corrected chi connectivity index (χ4v) is 3.90. The van der Waals surface area contributed by atoms with Gasteiger partial charge in [-0.15, -0.1) is 5.10 Å². The van der Waals surface area contributed by atoms with Gasteiger partial charge in [0, 0.05) is 19.5 Å². The number of ether oxygens (including phenoxy) is 1. The fraction of sp³-hybridized carbons (Fsp3) is 0.579. The fourth-order valence-electron chi connectivity index (χ4n) is 3.90. The van der Waals surface area contributed by atoms with E-state index >= 15 is 0 Å². The number of carbonyl (C=O) groups is 1. The van der Waals surface area contributed by atoms with Crippen LogP contribution in [0.4, 0.5) is 28.0 Å². The molecule has 2 atom stereocenters. The number of nitrogens with zero attached hydrogens (tertiary/aromatic N) is 4. The summed E-state index contributed by atoms with van der Waals surface area (Å²) in [5.41, 5.74) is -2.21. The van der Waals surface area contributed by atoms with Gasteiger partial charge in [0.1, 0.15) is 17.3 Å². The summed E-state index contributed by atoms with van der Waals surface area (Å²) in [7, 11) is 1.15. The van der Waals surface area contributed by atoms with Crippen molar-refractivity contribution in [1.29, 1.82) is 0 Å². The van der Waals surface area contributed by atoms with Crippen LogP contribution in [0.1, 0.15) is 31.9 Å². The Morgan fingerprint density at radius 3 is 2.62 bits per heavy atom. The number of alkyl halides is 5. The maximum absolute atomic E-state index is 13.6. The number of carbonyl (C=O) groups excluding carboxylic acids is 1. The highest BCUT2D eigenvalue weighted by atomic mass is 19.4. The topological polar surface area (TPSA) is 93.4 Å². The van der Waals surface area contributed by atoms with Gasteiger partial charge in [0.15, 0.2) is 0 Å². The quantitative estimate of drug-likeness (QED) is 0.657. The Hall–Kier alpha value is -2.99. The van der Waals surface area contributed by atoms with Crippen molar-refractivity contribution >= 4 is 11.9 Å². The number of aromatic nitrogens is 3. The molecule has 0 aromatic carbocycles. The van der Waals surface area contributed by atoms with Gasteiger partial charge in [-0.25, -0.2) is 13.8 Å². The maximum Gasteiger partial charge on any atom is 0.433 e. The van der Waals surface area contributed by atoms with E-state index in [0.29, 0.717) is 6.42 Å². The first-order valence-corrected chi connectivity index (χ1v) is 9.89. The third-order valence-electron chi connectivity index (χ3n) is 5.88. The smallest absolute Gasteiger partial charge is 0.433 e. The summed E-state index contributed by atoms with van der Waals surface area (Å²) in [6.45, 7) is 1.98. The van der Waals surface area contributed by atoms with Crippen LogP contribution in [0.25, 0.3) is 11.5 Å². The lowest BCUT2D eigenvalue weighted by atomic mass is 10.1. The predicted molar refractivity (Wildman–Crippen MR) is 100.0 cm³/mol. The van der Waals surface area contributed by atoms with Gasteiger partial charge >= 0.3 is 12.2 Å². The second-order valence-electron chi connectivity index (χ2n) is 7.94. The van der Waals surface area contributed by atoms with Crippen LogP contribution in [0, 0.1) is 5.41 Å². The van der Waals surface area contributed by atoms with Gasteiger partial charge in [0.25, 0.3) is 11.8 Å². The van der Waals surface area contributed by atoms with Gasteiger partial charge in [0.2, 0.25) is 11.8 Å². The van der Waals surface area contributed by atoms with Gasteiger partial charge in [-0.05, 0) is 25.0 Å². The molecule has 2 aromatic rings. The third-order valence-corrected chi connectivity index (χ3v) is 5.88. The van der Waals surface area contributed by atoms with Crippen LogP contribution in [-0.2, 0) is 11.0 Å². The molecule has 1 spiro atoms. The lowest BCUT2D eigenvalue weighted by Crippen LogP contribution is -2.42. The van der Waals surface area contributed by atoms with Crippen molar-refractivity contribution < 1.29 is 35.9 Å². The van der Waals surface area contributed by atoms with Crippen molar-refractivity contribution in [3.8, 4) is 17.3 Å². The van der Waals surface area contributed by atoms with Crippen LogP contribution in [0.15, 0.2) is 16.5 Å². The number of anilines is 1. The summed E-state index contributed by atoms with van der Waals surface area (Å²) in [6, 6.07) is 0.907. The summed E-state index contributed by atoms with van der Waals surface area (Å²) in [5, 5.41) is 10.3. The summed E-state index contributed by atoms with van der Waals surface area (Å²) >= 11 is 0. The average Bonchev–Trinajstić information content (AvgIpc) is 3.14. The second kappa shape index (κ2) is 7.55. The maximum atomic E-state index is 13.6. The number of hydrogen-bond donors (Lipinski definition) is 1. The van der Waals surface area contributed by atoms with E-state index in [4.69, 9.17) is 9.15 Å². The van der Waals surface area contributed by atoms with E-state index in [1.54, 1.807) is 6.92 Å². The highest BCUT2D eigenvalue weighted by Crippen LogP contribution is 2.65. The molecule has 1 aliphatic carbocycles. The highest BCUT2D eigenvalue weighted by Gasteiger charge is 2.73. The van der Waals surface area contributed by atoms with Crippen molar-refractivity contribution in [1.82, 2.24) is 20.1 Å². The van der Waals surface area contributed by atoms with Crippen molar-refractivity contribution in [2.24, 2.45) is 5.41 Å². The minimum Gasteiger partial charge on any atom is -0.480 e. The predicted octanol–water partition coefficient (Wildman–Crippen LogP) is 3.61. The van der Waals surface area contributed by atoms with Crippen molar-refractivity contribution in [3.63, 3.8) is 0 Å². The number of likely N-dealkylation sites (tertiary alicyclic amines) is 1. The van der Waals surface area contributed by atoms with E-state index in [-0.39, 0.29) is 55.2 Å². The van der Waals surface area contributed by atoms with E-state index in [9.17, 15) is 26.7 Å². The minimum absolute atomic E-state index is 0.000515. The van der Waals surface area contributed by atoms with Crippen molar-refractivity contribution in [3.05, 3.63) is 17.8 Å². The number of amides is 1. The Bertz CT molecular complexity index is 1030. The first kappa shape index (κ1) is 22.2. The molecule has 32 heavy (non-hydrogen) atoms. The summed E-state index contributed by atoms with van der Waals surface area (Å²) in [4.78, 5) is 17.6. The SMILES string of the molecule is CC[C@@H](Nc1nnc(-c2ccc(C(F)(F)F)nc2OC)o1)C(=O)N1CC[C@]2(C1)CC2(F)F. The lowest BCUT2D eigenvalue weighted by Gasteiger charge is -2.22. The highest BCUT2D eigenvalue weighted by molar-refractivity contribution is 5.84. The standard InChI is InChI=1S/C19H20F5N5O3/c1-3-11(15(30)29-7-6-17(9-29)8-18(17,20)21)25-16-28-27-14(32-16)10-4-5-12(19(22,23)24)26-13(10)31-2/h4-5,11H,3,6-9H2,1-2H3,(H,25,28)/t11-,17-/m1/s1. The molecule has 174 valence electrons. The number of pyridine rings is 1. The summed E-state index contributed by atoms with van der Waals surface area (Å²) in [5.74, 6) is -3.61. The van der Waals surface area contributed by atoms with E-state index in [1.807, 2.05) is 0 Å².